The van der Waals surface area contributed by atoms with Crippen LogP contribution in [0, 0.1) is 0 Å². The van der Waals surface area contributed by atoms with Crippen LogP contribution in [0.4, 0.5) is 5.69 Å². The summed E-state index contributed by atoms with van der Waals surface area (Å²) in [5.74, 6) is -1.03. The minimum Gasteiger partial charge on any atom is -0.481 e. The molecule has 1 aliphatic rings. The van der Waals surface area contributed by atoms with Gasteiger partial charge < -0.3 is 15.7 Å². The molecule has 102 valence electrons. The van der Waals surface area contributed by atoms with Gasteiger partial charge in [-0.2, -0.15) is 0 Å². The zero-order valence-electron chi connectivity index (χ0n) is 10.9. The number of nitrogens with two attached hydrogens (primary N) is 1. The largest absolute Gasteiger partial charge is 0.481 e. The predicted molar refractivity (Wildman–Crippen MR) is 72.1 cm³/mol. The number of carboxylic acid groups (broad SMARTS) is 1. The average molecular weight is 262 g/mol. The van der Waals surface area contributed by atoms with Gasteiger partial charge in [0.15, 0.2) is 0 Å². The zero-order valence-corrected chi connectivity index (χ0v) is 10.9. The molecule has 1 aromatic carbocycles. The maximum atomic E-state index is 12.1. The monoisotopic (exact) mass is 262 g/mol. The fourth-order valence-electron chi connectivity index (χ4n) is 2.50. The van der Waals surface area contributed by atoms with E-state index in [-0.39, 0.29) is 30.7 Å². The summed E-state index contributed by atoms with van der Waals surface area (Å²) in [5, 5.41) is 8.95. The van der Waals surface area contributed by atoms with Gasteiger partial charge in [-0.15, -0.1) is 0 Å². The minimum atomic E-state index is -0.846. The lowest BCUT2D eigenvalue weighted by Gasteiger charge is -2.18. The second-order valence-electron chi connectivity index (χ2n) is 5.04. The smallest absolute Gasteiger partial charge is 0.304 e. The van der Waals surface area contributed by atoms with E-state index in [0.29, 0.717) is 6.54 Å². The van der Waals surface area contributed by atoms with E-state index >= 15 is 0 Å². The van der Waals surface area contributed by atoms with Crippen LogP contribution >= 0.6 is 0 Å². The molecule has 1 amide bonds. The Morgan fingerprint density at radius 3 is 2.79 bits per heavy atom. The quantitative estimate of drug-likeness (QED) is 0.857. The number of hydrogen-bond acceptors (Lipinski definition) is 3. The topological polar surface area (TPSA) is 83.6 Å². The summed E-state index contributed by atoms with van der Waals surface area (Å²) in [6.45, 7) is 2.21. The van der Waals surface area contributed by atoms with Crippen molar-refractivity contribution in [2.24, 2.45) is 5.73 Å². The Morgan fingerprint density at radius 2 is 2.16 bits per heavy atom. The van der Waals surface area contributed by atoms with Crippen LogP contribution in [0.25, 0.3) is 0 Å². The SMILES string of the molecule is CC(N)CC(=O)N1CC(CC(=O)O)c2ccccc21. The summed E-state index contributed by atoms with van der Waals surface area (Å²) in [7, 11) is 0. The third kappa shape index (κ3) is 2.93. The van der Waals surface area contributed by atoms with Crippen molar-refractivity contribution in [1.82, 2.24) is 0 Å². The molecule has 5 heteroatoms. The molecule has 2 atom stereocenters. The second kappa shape index (κ2) is 5.40. The van der Waals surface area contributed by atoms with Crippen molar-refractivity contribution in [3.63, 3.8) is 0 Å². The molecule has 19 heavy (non-hydrogen) atoms. The number of para-hydroxylation sites is 1. The predicted octanol–water partition coefficient (Wildman–Crippen LogP) is 1.33. The third-order valence-electron chi connectivity index (χ3n) is 3.29. The Kier molecular flexibility index (Phi) is 3.85. The standard InChI is InChI=1S/C14H18N2O3/c1-9(15)6-13(17)16-8-10(7-14(18)19)11-4-2-3-5-12(11)16/h2-5,9-10H,6-8,15H2,1H3,(H,18,19). The highest BCUT2D eigenvalue weighted by Gasteiger charge is 2.33. The van der Waals surface area contributed by atoms with Crippen LogP contribution in [0.3, 0.4) is 0 Å². The first-order valence-electron chi connectivity index (χ1n) is 6.35. The van der Waals surface area contributed by atoms with E-state index in [1.807, 2.05) is 24.3 Å². The first-order valence-corrected chi connectivity index (χ1v) is 6.35. The van der Waals surface area contributed by atoms with Gasteiger partial charge in [-0.1, -0.05) is 18.2 Å². The highest BCUT2D eigenvalue weighted by atomic mass is 16.4. The van der Waals surface area contributed by atoms with Crippen LogP contribution in [0.1, 0.15) is 31.2 Å². The highest BCUT2D eigenvalue weighted by molar-refractivity contribution is 5.96. The molecule has 1 aromatic rings. The number of benzene rings is 1. The fourth-order valence-corrected chi connectivity index (χ4v) is 2.50. The van der Waals surface area contributed by atoms with E-state index in [1.54, 1.807) is 11.8 Å². The van der Waals surface area contributed by atoms with Crippen molar-refractivity contribution in [2.75, 3.05) is 11.4 Å². The van der Waals surface area contributed by atoms with Crippen molar-refractivity contribution in [2.45, 2.75) is 31.7 Å². The Hall–Kier alpha value is -1.88. The molecule has 0 radical (unpaired) electrons. The molecule has 0 aliphatic carbocycles. The molecule has 2 rings (SSSR count). The summed E-state index contributed by atoms with van der Waals surface area (Å²) in [6.07, 6.45) is 0.313. The summed E-state index contributed by atoms with van der Waals surface area (Å²) < 4.78 is 0. The van der Waals surface area contributed by atoms with Gasteiger partial charge >= 0.3 is 5.97 Å². The van der Waals surface area contributed by atoms with Gasteiger partial charge in [0.25, 0.3) is 0 Å². The Labute approximate surface area is 112 Å². The number of carbonyl (C=O) groups is 2. The van der Waals surface area contributed by atoms with Crippen LogP contribution in [-0.4, -0.2) is 29.6 Å². The lowest BCUT2D eigenvalue weighted by molar-refractivity contribution is -0.137. The maximum Gasteiger partial charge on any atom is 0.304 e. The normalized spacial score (nSPS) is 19.1. The van der Waals surface area contributed by atoms with Gasteiger partial charge in [-0.05, 0) is 18.6 Å². The van der Waals surface area contributed by atoms with Crippen molar-refractivity contribution in [3.8, 4) is 0 Å². The number of fused-ring (bicyclic) bond motifs is 1. The van der Waals surface area contributed by atoms with E-state index in [0.717, 1.165) is 11.3 Å². The molecule has 0 bridgehead atoms. The van der Waals surface area contributed by atoms with Crippen molar-refractivity contribution >= 4 is 17.6 Å². The highest BCUT2D eigenvalue weighted by Crippen LogP contribution is 2.38. The fraction of sp³-hybridized carbons (Fsp3) is 0.429. The number of rotatable bonds is 4. The lowest BCUT2D eigenvalue weighted by atomic mass is 9.98. The second-order valence-corrected chi connectivity index (χ2v) is 5.04. The molecule has 1 aliphatic heterocycles. The van der Waals surface area contributed by atoms with Crippen LogP contribution in [0.2, 0.25) is 0 Å². The van der Waals surface area contributed by atoms with Crippen LogP contribution in [-0.2, 0) is 9.59 Å². The molecule has 1 heterocycles. The van der Waals surface area contributed by atoms with Gasteiger partial charge in [0, 0.05) is 30.6 Å². The number of amides is 1. The summed E-state index contributed by atoms with van der Waals surface area (Å²) in [6, 6.07) is 7.28. The summed E-state index contributed by atoms with van der Waals surface area (Å²) in [4.78, 5) is 24.7. The molecular formula is C14H18N2O3. The molecule has 5 nitrogen and oxygen atoms in total. The van der Waals surface area contributed by atoms with E-state index in [1.165, 1.54) is 0 Å². The van der Waals surface area contributed by atoms with Crippen LogP contribution in [0.15, 0.2) is 24.3 Å². The summed E-state index contributed by atoms with van der Waals surface area (Å²) >= 11 is 0. The Bertz CT molecular complexity index is 499. The molecule has 0 aromatic heterocycles. The number of carboxylic acids is 1. The molecule has 0 spiro atoms. The van der Waals surface area contributed by atoms with E-state index in [4.69, 9.17) is 10.8 Å². The summed E-state index contributed by atoms with van der Waals surface area (Å²) in [5.41, 5.74) is 7.41. The van der Waals surface area contributed by atoms with Gasteiger partial charge in [0.05, 0.1) is 6.42 Å². The number of aliphatic carboxylic acids is 1. The van der Waals surface area contributed by atoms with E-state index in [9.17, 15) is 9.59 Å². The molecular weight excluding hydrogens is 244 g/mol. The average Bonchev–Trinajstić information content (AvgIpc) is 2.67. The zero-order chi connectivity index (χ0) is 14.0. The van der Waals surface area contributed by atoms with E-state index in [2.05, 4.69) is 0 Å². The van der Waals surface area contributed by atoms with Crippen molar-refractivity contribution < 1.29 is 14.7 Å². The Morgan fingerprint density at radius 1 is 1.47 bits per heavy atom. The molecule has 0 saturated carbocycles. The Balaban J connectivity index is 2.24. The first-order chi connectivity index (χ1) is 8.99. The first kappa shape index (κ1) is 13.5. The molecule has 0 saturated heterocycles. The number of nitrogens with zero attached hydrogens (tertiary/aromatic N) is 1. The number of hydrogen-bond donors (Lipinski definition) is 2. The van der Waals surface area contributed by atoms with Gasteiger partial charge in [0.2, 0.25) is 5.91 Å². The van der Waals surface area contributed by atoms with Crippen LogP contribution < -0.4 is 10.6 Å². The van der Waals surface area contributed by atoms with Gasteiger partial charge in [0.1, 0.15) is 0 Å². The minimum absolute atomic E-state index is 0.0406. The molecule has 0 fully saturated rings. The molecule has 3 N–H and O–H groups in total. The number of carbonyl (C=O) groups excluding carboxylic acids is 1. The molecule has 2 unspecified atom stereocenters. The maximum absolute atomic E-state index is 12.1. The third-order valence-corrected chi connectivity index (χ3v) is 3.29. The lowest BCUT2D eigenvalue weighted by Crippen LogP contribution is -2.34. The number of anilines is 1. The van der Waals surface area contributed by atoms with Crippen molar-refractivity contribution in [3.05, 3.63) is 29.8 Å². The van der Waals surface area contributed by atoms with E-state index < -0.39 is 5.97 Å². The van der Waals surface area contributed by atoms with Crippen LogP contribution in [0.5, 0.6) is 0 Å². The van der Waals surface area contributed by atoms with Gasteiger partial charge in [-0.25, -0.2) is 0 Å². The van der Waals surface area contributed by atoms with Crippen molar-refractivity contribution in [1.29, 1.82) is 0 Å². The van der Waals surface area contributed by atoms with Gasteiger partial charge in [-0.3, -0.25) is 9.59 Å².